The Balaban J connectivity index is 0.000000620. The van der Waals surface area contributed by atoms with Crippen LogP contribution in [-0.4, -0.2) is 166 Å². The van der Waals surface area contributed by atoms with Crippen molar-refractivity contribution in [2.45, 2.75) is 108 Å². The number of benzene rings is 4. The van der Waals surface area contributed by atoms with E-state index in [-0.39, 0.29) is 90.2 Å². The lowest BCUT2D eigenvalue weighted by molar-refractivity contribution is -0.758. The van der Waals surface area contributed by atoms with Gasteiger partial charge in [0.1, 0.15) is 43.1 Å². The van der Waals surface area contributed by atoms with Gasteiger partial charge >= 0.3 is 42.2 Å². The number of nitrogens with zero attached hydrogens (tertiary/aromatic N) is 4. The summed E-state index contributed by atoms with van der Waals surface area (Å²) < 4.78 is 19.5. The molecule has 0 radical (unpaired) electrons. The van der Waals surface area contributed by atoms with E-state index in [0.29, 0.717) is 44.9 Å². The molecule has 0 aliphatic carbocycles. The van der Waals surface area contributed by atoms with Gasteiger partial charge in [0.2, 0.25) is 5.91 Å². The molecule has 0 saturated heterocycles. The molecule has 93 heavy (non-hydrogen) atoms. The molecule has 4 atom stereocenters. The number of ether oxygens (including phenoxy) is 4. The second-order valence-corrected chi connectivity index (χ2v) is 18.9. The fraction of sp³-hybridized carbons (Fsp3) is 0.439. The van der Waals surface area contributed by atoms with Crippen LogP contribution in [0.15, 0.2) is 115 Å². The Bertz CT molecular complexity index is 2800. The van der Waals surface area contributed by atoms with Crippen LogP contribution in [0.3, 0.4) is 0 Å². The largest absolute Gasteiger partial charge is 0.480 e. The van der Waals surface area contributed by atoms with Crippen LogP contribution in [0.1, 0.15) is 80.5 Å². The Morgan fingerprint density at radius 2 is 0.774 bits per heavy atom. The van der Waals surface area contributed by atoms with Gasteiger partial charge in [-0.3, -0.25) is 9.59 Å². The molecule has 4 unspecified atom stereocenters. The van der Waals surface area contributed by atoms with Crippen molar-refractivity contribution in [3.8, 4) is 5.75 Å². The number of hydrogen-bond acceptors (Lipinski definition) is 24. The average molecular weight is 1320 g/mol. The Morgan fingerprint density at radius 1 is 0.398 bits per heavy atom. The summed E-state index contributed by atoms with van der Waals surface area (Å²) in [6, 6.07) is 29.1. The molecule has 4 aromatic carbocycles. The number of carboxylic acids is 4. The van der Waals surface area contributed by atoms with Crippen LogP contribution in [0.5, 0.6) is 5.75 Å². The summed E-state index contributed by atoms with van der Waals surface area (Å²) in [6.07, 6.45) is 2.52. The molecule has 4 aromatic rings. The van der Waals surface area contributed by atoms with Gasteiger partial charge in [0, 0.05) is 25.7 Å². The highest BCUT2D eigenvalue weighted by Gasteiger charge is 2.23. The van der Waals surface area contributed by atoms with E-state index in [2.05, 4.69) is 40.6 Å². The van der Waals surface area contributed by atoms with Gasteiger partial charge in [0.05, 0.1) is 39.6 Å². The summed E-state index contributed by atoms with van der Waals surface area (Å²) in [7, 11) is 0. The molecule has 36 nitrogen and oxygen atoms in total. The van der Waals surface area contributed by atoms with Gasteiger partial charge in [-0.15, -0.1) is 40.5 Å². The lowest BCUT2D eigenvalue weighted by Crippen LogP contribution is -2.42. The van der Waals surface area contributed by atoms with Crippen LogP contribution in [0.25, 0.3) is 0 Å². The van der Waals surface area contributed by atoms with E-state index in [0.717, 1.165) is 28.7 Å². The third kappa shape index (κ3) is 44.0. The first kappa shape index (κ1) is 79.8. The fourth-order valence-corrected chi connectivity index (χ4v) is 7.15. The van der Waals surface area contributed by atoms with Crippen molar-refractivity contribution in [3.05, 3.63) is 178 Å². The minimum absolute atomic E-state index is 0.00488. The maximum atomic E-state index is 11.8. The number of carbonyl (C=O) groups is 8. The van der Waals surface area contributed by atoms with E-state index in [1.807, 2.05) is 36.4 Å². The van der Waals surface area contributed by atoms with E-state index in [4.69, 9.17) is 34.3 Å². The minimum atomic E-state index is -1.18. The Hall–Kier alpha value is -11.2. The third-order valence-corrected chi connectivity index (χ3v) is 11.7. The van der Waals surface area contributed by atoms with E-state index in [1.165, 1.54) is 6.92 Å². The molecule has 4 amide bonds. The number of hydrogen-bond donors (Lipinski definition) is 8. The van der Waals surface area contributed by atoms with Crippen LogP contribution < -0.4 is 26.0 Å². The second kappa shape index (κ2) is 48.7. The van der Waals surface area contributed by atoms with Gasteiger partial charge in [0.25, 0.3) is 20.3 Å². The van der Waals surface area contributed by atoms with E-state index in [1.54, 1.807) is 78.9 Å². The first-order chi connectivity index (χ1) is 44.3. The molecule has 510 valence electrons. The van der Waals surface area contributed by atoms with Gasteiger partial charge in [-0.2, -0.15) is 0 Å². The Morgan fingerprint density at radius 3 is 1.20 bits per heavy atom. The monoisotopic (exact) mass is 1320 g/mol. The number of carbonyl (C=O) groups excluding carboxylic acids is 4. The molecule has 0 aliphatic rings. The van der Waals surface area contributed by atoms with Crippen molar-refractivity contribution in [1.82, 2.24) is 21.3 Å². The number of aryl methyl sites for hydroxylation is 1. The smallest absolute Gasteiger partial charge is 0.413 e. The molecule has 0 spiro atoms. The van der Waals surface area contributed by atoms with Gasteiger partial charge in [-0.25, -0.2) is 28.8 Å². The second-order valence-electron chi connectivity index (χ2n) is 18.9. The van der Waals surface area contributed by atoms with Gasteiger partial charge < -0.3 is 80.0 Å². The van der Waals surface area contributed by atoms with E-state index in [9.17, 15) is 83.9 Å². The quantitative estimate of drug-likeness (QED) is 0.0157. The maximum Gasteiger partial charge on any atom is 0.413 e. The van der Waals surface area contributed by atoms with Gasteiger partial charge in [-0.1, -0.05) is 116 Å². The van der Waals surface area contributed by atoms with E-state index < -0.39 is 86.7 Å². The van der Waals surface area contributed by atoms with Crippen molar-refractivity contribution in [3.63, 3.8) is 0 Å². The summed E-state index contributed by atoms with van der Waals surface area (Å²) in [4.78, 5) is 147. The topological polar surface area (TPSA) is 512 Å². The normalized spacial score (nSPS) is 11.4. The predicted molar refractivity (Wildman–Crippen MR) is 318 cm³/mol. The van der Waals surface area contributed by atoms with E-state index >= 15 is 0 Å². The molecular formula is C57H74N8O28. The lowest BCUT2D eigenvalue weighted by atomic mass is 10.1. The molecule has 8 N–H and O–H groups in total. The zero-order chi connectivity index (χ0) is 69.2. The fourth-order valence-electron chi connectivity index (χ4n) is 7.15. The van der Waals surface area contributed by atoms with Crippen LogP contribution in [0, 0.1) is 40.5 Å². The van der Waals surface area contributed by atoms with Crippen molar-refractivity contribution >= 4 is 48.1 Å². The Labute approximate surface area is 530 Å². The molecule has 0 bridgehead atoms. The molecule has 0 fully saturated rings. The number of aliphatic carboxylic acids is 4. The lowest BCUT2D eigenvalue weighted by Gasteiger charge is -2.14. The zero-order valence-corrected chi connectivity index (χ0v) is 50.3. The van der Waals surface area contributed by atoms with Crippen molar-refractivity contribution in [1.29, 1.82) is 0 Å². The summed E-state index contributed by atoms with van der Waals surface area (Å²) >= 11 is 0. The van der Waals surface area contributed by atoms with Crippen molar-refractivity contribution in [2.75, 3.05) is 52.9 Å². The average Bonchev–Trinajstić information content (AvgIpc) is 1.69. The SMILES string of the molecule is CC(NC(=O)Oc1ccc(CCCO[N+](=O)[O-])cc1)C(=O)O.O=C(CCCCCCO[N+](=O)[O-])NC(Cc1ccccc1)C(=O)O.O=C(NC(Cc1ccccc1)C(=O)O)OCCCCO[N+](=O)[O-].O=C(NC(Cc1ccccc1)C(=O)O)OCCOCCO[N+](=O)[O-]. The van der Waals surface area contributed by atoms with Crippen LogP contribution in [0.2, 0.25) is 0 Å². The number of amides is 4. The molecule has 0 saturated carbocycles. The highest BCUT2D eigenvalue weighted by Crippen LogP contribution is 2.14. The minimum Gasteiger partial charge on any atom is -0.480 e. The first-order valence-electron chi connectivity index (χ1n) is 28.3. The third-order valence-electron chi connectivity index (χ3n) is 11.7. The summed E-state index contributed by atoms with van der Waals surface area (Å²) in [5.74, 6) is -4.61. The predicted octanol–water partition coefficient (Wildman–Crippen LogP) is 5.38. The van der Waals surface area contributed by atoms with Crippen LogP contribution in [-0.2, 0) is 83.2 Å². The van der Waals surface area contributed by atoms with Gasteiger partial charge in [-0.05, 0) is 79.8 Å². The van der Waals surface area contributed by atoms with Gasteiger partial charge in [0.15, 0.2) is 0 Å². The molecule has 36 heteroatoms. The summed E-state index contributed by atoms with van der Waals surface area (Å²) in [5, 5.41) is 81.5. The molecule has 0 aromatic heterocycles. The number of nitrogens with one attached hydrogen (secondary N) is 4. The number of carboxylic acid groups (broad SMARTS) is 4. The molecule has 4 rings (SSSR count). The molecule has 0 aliphatic heterocycles. The first-order valence-corrected chi connectivity index (χ1v) is 28.3. The van der Waals surface area contributed by atoms with Crippen molar-refractivity contribution < 1.29 is 117 Å². The summed E-state index contributed by atoms with van der Waals surface area (Å²) in [6.45, 7) is 0.952. The van der Waals surface area contributed by atoms with Crippen LogP contribution >= 0.6 is 0 Å². The highest BCUT2D eigenvalue weighted by atomic mass is 17.0. The molecular weight excluding hydrogens is 1240 g/mol. The zero-order valence-electron chi connectivity index (χ0n) is 50.3. The maximum absolute atomic E-state index is 11.8. The Kier molecular flexibility index (Phi) is 41.8. The molecule has 0 heterocycles. The van der Waals surface area contributed by atoms with Crippen LogP contribution in [0.4, 0.5) is 14.4 Å². The number of rotatable bonds is 41. The highest BCUT2D eigenvalue weighted by molar-refractivity contribution is 5.84. The standard InChI is InChI=1S/C16H22N2O6.C14H18N2O8.C14H18N2O7.C13H16N2O7/c19-15(10-6-1-2-7-11-24-18(22)23)17-14(16(20)21)12-13-8-4-3-5-9-13;17-13(18)12(10-11-4-2-1-3-5-11)15-14(19)23-8-6-22-7-9-24-16(20)21;17-13(18)12(10-11-6-2-1-3-7-11)15-14(19)22-8-4-5-9-23-16(20)21;1-9(12(16)17)14-13(18)22-11-6-4-10(5-7-11)3-2-8-21-15(19)20/h3-5,8-9,14H,1-2,6-7,10-12H2,(H,17,19)(H,20,21);1-5,12H,6-10H2,(H,15,19)(H,17,18);1-3,6-7,12H,4-5,8-10H2,(H,15,19)(H,17,18);4-7,9H,2-3,8H2,1H3,(H,14,18)(H,16,17). The summed E-state index contributed by atoms with van der Waals surface area (Å²) in [5.41, 5.74) is 3.28. The number of unbranched alkanes of at least 4 members (excludes halogenated alkanes) is 4. The van der Waals surface area contributed by atoms with Crippen molar-refractivity contribution in [2.24, 2.45) is 0 Å². The number of alkyl carbamates (subject to hydrolysis) is 2.